The predicted octanol–water partition coefficient (Wildman–Crippen LogP) is 1.43. The molecule has 24 heavy (non-hydrogen) atoms. The number of carboxylic acid groups (broad SMARTS) is 1. The minimum Gasteiger partial charge on any atom is -0.480 e. The van der Waals surface area contributed by atoms with E-state index < -0.39 is 42.1 Å². The average Bonchev–Trinajstić information content (AvgIpc) is 2.80. The molecule has 1 heterocycles. The summed E-state index contributed by atoms with van der Waals surface area (Å²) in [7, 11) is 1.45. The summed E-state index contributed by atoms with van der Waals surface area (Å²) < 4.78 is 37.9. The van der Waals surface area contributed by atoms with E-state index in [1.807, 2.05) is 0 Å². The molecule has 0 spiro atoms. The van der Waals surface area contributed by atoms with Crippen molar-refractivity contribution in [2.24, 2.45) is 5.92 Å². The lowest BCUT2D eigenvalue weighted by atomic mass is 9.92. The molecular weight excluding hydrogens is 329 g/mol. The van der Waals surface area contributed by atoms with E-state index in [-0.39, 0.29) is 12.3 Å². The van der Waals surface area contributed by atoms with Gasteiger partial charge in [-0.2, -0.15) is 13.2 Å². The molecule has 6 nitrogen and oxygen atoms in total. The number of amides is 2. The maximum absolute atomic E-state index is 12.6. The van der Waals surface area contributed by atoms with E-state index in [9.17, 15) is 27.6 Å². The number of nitrogens with zero attached hydrogens (tertiary/aromatic N) is 1. The van der Waals surface area contributed by atoms with E-state index in [0.717, 1.165) is 12.1 Å². The lowest BCUT2D eigenvalue weighted by Gasteiger charge is -2.25. The maximum Gasteiger partial charge on any atom is 0.416 e. The number of likely N-dealkylation sites (tertiary alicyclic amines) is 1. The molecule has 2 N–H and O–H groups in total. The lowest BCUT2D eigenvalue weighted by molar-refractivity contribution is -0.138. The highest BCUT2D eigenvalue weighted by atomic mass is 19.4. The zero-order chi connectivity index (χ0) is 18.1. The third kappa shape index (κ3) is 3.66. The van der Waals surface area contributed by atoms with Gasteiger partial charge in [0.2, 0.25) is 11.8 Å². The lowest BCUT2D eigenvalue weighted by Crippen LogP contribution is -2.37. The van der Waals surface area contributed by atoms with Crippen LogP contribution in [-0.4, -0.2) is 41.4 Å². The van der Waals surface area contributed by atoms with Gasteiger partial charge in [-0.3, -0.25) is 14.4 Å². The fraction of sp³-hybridized carbons (Fsp3) is 0.400. The topological polar surface area (TPSA) is 86.7 Å². The summed E-state index contributed by atoms with van der Waals surface area (Å²) in [5.41, 5.74) is -0.447. The monoisotopic (exact) mass is 344 g/mol. The van der Waals surface area contributed by atoms with Gasteiger partial charge in [0, 0.05) is 13.5 Å². The first-order chi connectivity index (χ1) is 11.1. The van der Waals surface area contributed by atoms with Gasteiger partial charge in [0.05, 0.1) is 17.5 Å². The van der Waals surface area contributed by atoms with Crippen LogP contribution in [0.3, 0.4) is 0 Å². The van der Waals surface area contributed by atoms with Crippen LogP contribution in [0.25, 0.3) is 0 Å². The summed E-state index contributed by atoms with van der Waals surface area (Å²) in [4.78, 5) is 35.8. The molecule has 0 aromatic heterocycles. The zero-order valence-corrected chi connectivity index (χ0v) is 12.6. The molecule has 0 bridgehead atoms. The van der Waals surface area contributed by atoms with Gasteiger partial charge in [-0.05, 0) is 17.7 Å². The summed E-state index contributed by atoms with van der Waals surface area (Å²) in [5.74, 6) is -3.05. The number of rotatable bonds is 4. The van der Waals surface area contributed by atoms with Crippen molar-refractivity contribution in [3.8, 4) is 0 Å². The van der Waals surface area contributed by atoms with Crippen LogP contribution in [0.1, 0.15) is 23.6 Å². The van der Waals surface area contributed by atoms with Crippen molar-refractivity contribution in [2.75, 3.05) is 13.6 Å². The number of carbonyl (C=O) groups excluding carboxylic acids is 2. The number of carboxylic acids is 1. The van der Waals surface area contributed by atoms with Gasteiger partial charge in [0.1, 0.15) is 6.54 Å². The summed E-state index contributed by atoms with van der Waals surface area (Å²) in [6, 6.07) is 3.48. The van der Waals surface area contributed by atoms with E-state index in [0.29, 0.717) is 5.56 Å². The molecular formula is C15H15F3N2O4. The third-order valence-corrected chi connectivity index (χ3v) is 3.92. The molecule has 1 aromatic carbocycles. The van der Waals surface area contributed by atoms with Crippen LogP contribution in [0.4, 0.5) is 13.2 Å². The van der Waals surface area contributed by atoms with Crippen molar-refractivity contribution in [3.63, 3.8) is 0 Å². The smallest absolute Gasteiger partial charge is 0.416 e. The Bertz CT molecular complexity index is 658. The van der Waals surface area contributed by atoms with Crippen LogP contribution in [0.5, 0.6) is 0 Å². The standard InChI is InChI=1S/C15H15F3N2O4/c1-20-11(21)6-10(14(24)19-7-12(22)23)13(20)8-2-4-9(5-3-8)15(16,17)18/h2-5,10,13H,6-7H2,1H3,(H,19,24)(H,22,23)/t10-,13-/m0/s1. The second-order valence-electron chi connectivity index (χ2n) is 5.49. The van der Waals surface area contributed by atoms with Crippen molar-refractivity contribution in [3.05, 3.63) is 35.4 Å². The maximum atomic E-state index is 12.6. The highest BCUT2D eigenvalue weighted by Gasteiger charge is 2.43. The van der Waals surface area contributed by atoms with E-state index >= 15 is 0 Å². The van der Waals surface area contributed by atoms with Crippen molar-refractivity contribution >= 4 is 17.8 Å². The van der Waals surface area contributed by atoms with Crippen LogP contribution in [0, 0.1) is 5.92 Å². The molecule has 0 radical (unpaired) electrons. The normalized spacial score (nSPS) is 21.0. The van der Waals surface area contributed by atoms with Gasteiger partial charge < -0.3 is 15.3 Å². The molecule has 2 rings (SSSR count). The zero-order valence-electron chi connectivity index (χ0n) is 12.6. The second-order valence-corrected chi connectivity index (χ2v) is 5.49. The molecule has 1 aliphatic rings. The molecule has 1 aliphatic heterocycles. The summed E-state index contributed by atoms with van der Waals surface area (Å²) in [6.07, 6.45) is -4.61. The minimum absolute atomic E-state index is 0.131. The Balaban J connectivity index is 2.25. The number of aliphatic carboxylic acids is 1. The van der Waals surface area contributed by atoms with Crippen molar-refractivity contribution in [1.29, 1.82) is 0 Å². The first kappa shape index (κ1) is 17.8. The Morgan fingerprint density at radius 1 is 1.29 bits per heavy atom. The Kier molecular flexibility index (Phi) is 4.81. The number of hydrogen-bond donors (Lipinski definition) is 2. The van der Waals surface area contributed by atoms with E-state index in [1.165, 1.54) is 24.1 Å². The summed E-state index contributed by atoms with van der Waals surface area (Å²) in [5, 5.41) is 10.8. The van der Waals surface area contributed by atoms with E-state index in [1.54, 1.807) is 0 Å². The number of halogens is 3. The van der Waals surface area contributed by atoms with Crippen LogP contribution in [-0.2, 0) is 20.6 Å². The minimum atomic E-state index is -4.48. The first-order valence-corrected chi connectivity index (χ1v) is 7.03. The Labute approximate surface area is 135 Å². The molecule has 2 amide bonds. The molecule has 0 unspecified atom stereocenters. The van der Waals surface area contributed by atoms with E-state index in [2.05, 4.69) is 5.32 Å². The fourth-order valence-corrected chi connectivity index (χ4v) is 2.72. The van der Waals surface area contributed by atoms with Gasteiger partial charge in [0.15, 0.2) is 0 Å². The Morgan fingerprint density at radius 2 is 1.88 bits per heavy atom. The second kappa shape index (κ2) is 6.50. The third-order valence-electron chi connectivity index (χ3n) is 3.92. The summed E-state index contributed by atoms with van der Waals surface area (Å²) >= 11 is 0. The highest BCUT2D eigenvalue weighted by Crippen LogP contribution is 2.38. The van der Waals surface area contributed by atoms with Crippen LogP contribution in [0.15, 0.2) is 24.3 Å². The molecule has 9 heteroatoms. The number of benzene rings is 1. The molecule has 0 aliphatic carbocycles. The van der Waals surface area contributed by atoms with Crippen molar-refractivity contribution < 1.29 is 32.7 Å². The largest absolute Gasteiger partial charge is 0.480 e. The Hall–Kier alpha value is -2.58. The molecule has 2 atom stereocenters. The van der Waals surface area contributed by atoms with Crippen LogP contribution >= 0.6 is 0 Å². The number of hydrogen-bond acceptors (Lipinski definition) is 3. The van der Waals surface area contributed by atoms with Crippen LogP contribution < -0.4 is 5.32 Å². The SMILES string of the molecule is CN1C(=O)C[C@H](C(=O)NCC(=O)O)[C@@H]1c1ccc(C(F)(F)F)cc1. The quantitative estimate of drug-likeness (QED) is 0.865. The number of nitrogens with one attached hydrogen (secondary N) is 1. The van der Waals surface area contributed by atoms with Gasteiger partial charge in [-0.1, -0.05) is 12.1 Å². The molecule has 0 saturated carbocycles. The van der Waals surface area contributed by atoms with Gasteiger partial charge in [-0.25, -0.2) is 0 Å². The van der Waals surface area contributed by atoms with E-state index in [4.69, 9.17) is 5.11 Å². The first-order valence-electron chi connectivity index (χ1n) is 7.03. The predicted molar refractivity (Wildman–Crippen MR) is 75.7 cm³/mol. The molecule has 1 aromatic rings. The molecule has 1 fully saturated rings. The molecule has 130 valence electrons. The Morgan fingerprint density at radius 3 is 2.38 bits per heavy atom. The van der Waals surface area contributed by atoms with Gasteiger partial charge >= 0.3 is 12.1 Å². The van der Waals surface area contributed by atoms with Gasteiger partial charge in [0.25, 0.3) is 0 Å². The van der Waals surface area contributed by atoms with Crippen LogP contribution in [0.2, 0.25) is 0 Å². The highest BCUT2D eigenvalue weighted by molar-refractivity contribution is 5.91. The summed E-state index contributed by atoms with van der Waals surface area (Å²) in [6.45, 7) is -0.590. The fourth-order valence-electron chi connectivity index (χ4n) is 2.72. The average molecular weight is 344 g/mol. The number of alkyl halides is 3. The van der Waals surface area contributed by atoms with Gasteiger partial charge in [-0.15, -0.1) is 0 Å². The number of carbonyl (C=O) groups is 3. The van der Waals surface area contributed by atoms with Crippen molar-refractivity contribution in [1.82, 2.24) is 10.2 Å². The molecule has 1 saturated heterocycles. The van der Waals surface area contributed by atoms with Crippen molar-refractivity contribution in [2.45, 2.75) is 18.6 Å².